The lowest BCUT2D eigenvalue weighted by atomic mass is 10.2. The summed E-state index contributed by atoms with van der Waals surface area (Å²) in [5, 5.41) is 14.1. The number of para-hydroxylation sites is 1. The number of nitrogens with zero attached hydrogens (tertiary/aromatic N) is 2. The van der Waals surface area contributed by atoms with Crippen molar-refractivity contribution < 1.29 is 9.47 Å². The van der Waals surface area contributed by atoms with E-state index < -0.39 is 0 Å². The Morgan fingerprint density at radius 1 is 1.19 bits per heavy atom. The summed E-state index contributed by atoms with van der Waals surface area (Å²) in [6, 6.07) is 6.65. The van der Waals surface area contributed by atoms with Crippen LogP contribution in [0.2, 0.25) is 0 Å². The molecule has 5 nitrogen and oxygen atoms in total. The highest BCUT2D eigenvalue weighted by Gasteiger charge is 2.21. The Kier molecular flexibility index (Phi) is 3.48. The molecule has 2 aromatic rings. The van der Waals surface area contributed by atoms with Crippen LogP contribution in [0.5, 0.6) is 11.5 Å². The van der Waals surface area contributed by atoms with Gasteiger partial charge in [0.2, 0.25) is 0 Å². The maximum atomic E-state index is 5.74. The number of nitrogens with one attached hydrogen (secondary N) is 1. The van der Waals surface area contributed by atoms with Gasteiger partial charge >= 0.3 is 0 Å². The summed E-state index contributed by atoms with van der Waals surface area (Å²) >= 11 is 1.63. The predicted molar refractivity (Wildman–Crippen MR) is 81.1 cm³/mol. The van der Waals surface area contributed by atoms with Crippen LogP contribution < -0.4 is 14.8 Å². The fourth-order valence-corrected chi connectivity index (χ4v) is 3.24. The Morgan fingerprint density at radius 3 is 3.00 bits per heavy atom. The third-order valence-electron chi connectivity index (χ3n) is 3.61. The van der Waals surface area contributed by atoms with Gasteiger partial charge in [0.25, 0.3) is 0 Å². The molecule has 21 heavy (non-hydrogen) atoms. The van der Waals surface area contributed by atoms with E-state index in [1.165, 1.54) is 12.8 Å². The molecule has 110 valence electrons. The highest BCUT2D eigenvalue weighted by Crippen LogP contribution is 2.40. The molecule has 1 aliphatic carbocycles. The second-order valence-corrected chi connectivity index (χ2v) is 6.37. The van der Waals surface area contributed by atoms with Gasteiger partial charge in [-0.1, -0.05) is 17.4 Å². The highest BCUT2D eigenvalue weighted by atomic mass is 32.1. The third kappa shape index (κ3) is 2.87. The normalized spacial score (nSPS) is 17.0. The lowest BCUT2D eigenvalue weighted by molar-refractivity contribution is 0.172. The molecule has 0 bridgehead atoms. The highest BCUT2D eigenvalue weighted by molar-refractivity contribution is 7.14. The van der Waals surface area contributed by atoms with Crippen molar-refractivity contribution in [3.63, 3.8) is 0 Å². The zero-order valence-corrected chi connectivity index (χ0v) is 12.5. The van der Waals surface area contributed by atoms with Gasteiger partial charge in [0, 0.05) is 19.0 Å². The molecule has 0 spiro atoms. The molecule has 1 N–H and O–H groups in total. The van der Waals surface area contributed by atoms with Crippen LogP contribution in [0.25, 0.3) is 10.6 Å². The van der Waals surface area contributed by atoms with Crippen LogP contribution in [0.4, 0.5) is 0 Å². The first-order valence-electron chi connectivity index (χ1n) is 7.35. The Hall–Kier alpha value is -1.66. The van der Waals surface area contributed by atoms with Crippen LogP contribution in [0.1, 0.15) is 17.8 Å². The van der Waals surface area contributed by atoms with E-state index in [9.17, 15) is 0 Å². The van der Waals surface area contributed by atoms with Crippen LogP contribution in [0.15, 0.2) is 18.2 Å². The van der Waals surface area contributed by atoms with E-state index in [-0.39, 0.29) is 0 Å². The van der Waals surface area contributed by atoms with E-state index in [1.807, 2.05) is 18.2 Å². The molecule has 1 aromatic carbocycles. The maximum absolute atomic E-state index is 5.74. The van der Waals surface area contributed by atoms with Gasteiger partial charge in [-0.15, -0.1) is 10.2 Å². The van der Waals surface area contributed by atoms with E-state index in [2.05, 4.69) is 15.5 Å². The van der Waals surface area contributed by atoms with Crippen LogP contribution in [-0.4, -0.2) is 36.0 Å². The molecule has 0 unspecified atom stereocenters. The number of hydrogen-bond acceptors (Lipinski definition) is 6. The third-order valence-corrected chi connectivity index (χ3v) is 4.63. The molecule has 0 saturated heterocycles. The van der Waals surface area contributed by atoms with Crippen molar-refractivity contribution in [2.45, 2.75) is 25.3 Å². The first-order valence-corrected chi connectivity index (χ1v) is 8.16. The van der Waals surface area contributed by atoms with Crippen LogP contribution in [0, 0.1) is 0 Å². The topological polar surface area (TPSA) is 56.3 Å². The van der Waals surface area contributed by atoms with Crippen molar-refractivity contribution in [2.75, 3.05) is 19.8 Å². The van der Waals surface area contributed by atoms with Crippen molar-refractivity contribution in [3.8, 4) is 22.1 Å². The summed E-state index contributed by atoms with van der Waals surface area (Å²) < 4.78 is 11.4. The van der Waals surface area contributed by atoms with Gasteiger partial charge in [0.1, 0.15) is 18.2 Å². The summed E-state index contributed by atoms with van der Waals surface area (Å²) in [5.41, 5.74) is 0.978. The van der Waals surface area contributed by atoms with Gasteiger partial charge in [0.05, 0.1) is 5.56 Å². The molecule has 1 fully saturated rings. The average molecular weight is 303 g/mol. The Balaban J connectivity index is 1.52. The van der Waals surface area contributed by atoms with Crippen molar-refractivity contribution in [1.82, 2.24) is 15.5 Å². The minimum atomic E-state index is 0.584. The van der Waals surface area contributed by atoms with Gasteiger partial charge in [-0.05, 0) is 25.0 Å². The first-order chi connectivity index (χ1) is 10.4. The minimum absolute atomic E-state index is 0.584. The zero-order valence-electron chi connectivity index (χ0n) is 11.7. The largest absolute Gasteiger partial charge is 0.486 e. The van der Waals surface area contributed by atoms with E-state index in [4.69, 9.17) is 9.47 Å². The summed E-state index contributed by atoms with van der Waals surface area (Å²) in [6.07, 6.45) is 3.56. The van der Waals surface area contributed by atoms with E-state index >= 15 is 0 Å². The van der Waals surface area contributed by atoms with Gasteiger partial charge in [-0.3, -0.25) is 0 Å². The smallest absolute Gasteiger partial charge is 0.171 e. The fraction of sp³-hybridized carbons (Fsp3) is 0.467. The van der Waals surface area contributed by atoms with E-state index in [0.717, 1.165) is 46.1 Å². The molecule has 0 radical (unpaired) electrons. The lowest BCUT2D eigenvalue weighted by Gasteiger charge is -2.19. The average Bonchev–Trinajstić information content (AvgIpc) is 3.23. The minimum Gasteiger partial charge on any atom is -0.486 e. The maximum Gasteiger partial charge on any atom is 0.171 e. The van der Waals surface area contributed by atoms with Crippen LogP contribution in [-0.2, 0) is 6.42 Å². The molecule has 6 heteroatoms. The quantitative estimate of drug-likeness (QED) is 0.918. The summed E-state index contributed by atoms with van der Waals surface area (Å²) in [7, 11) is 0. The number of ether oxygens (including phenoxy) is 2. The number of aromatic nitrogens is 2. The SMILES string of the molecule is c1cc2c(c(-c3nnc(CCNC4CC4)s3)c1)OCCO2. The standard InChI is InChI=1S/C15H17N3O2S/c1-2-11(14-12(3-1)19-8-9-20-14)15-18-17-13(21-15)6-7-16-10-4-5-10/h1-3,10,16H,4-9H2. The second kappa shape index (κ2) is 5.61. The zero-order chi connectivity index (χ0) is 14.1. The summed E-state index contributed by atoms with van der Waals surface area (Å²) in [5.74, 6) is 1.59. The Labute approximate surface area is 127 Å². The first kappa shape index (κ1) is 13.0. The molecule has 1 saturated carbocycles. The summed E-state index contributed by atoms with van der Waals surface area (Å²) in [4.78, 5) is 0. The van der Waals surface area contributed by atoms with Crippen LogP contribution >= 0.6 is 11.3 Å². The second-order valence-electron chi connectivity index (χ2n) is 5.31. The molecular formula is C15H17N3O2S. The molecule has 1 aliphatic heterocycles. The van der Waals surface area contributed by atoms with Crippen molar-refractivity contribution in [1.29, 1.82) is 0 Å². The van der Waals surface area contributed by atoms with Crippen molar-refractivity contribution in [3.05, 3.63) is 23.2 Å². The number of fused-ring (bicyclic) bond motifs is 1. The Morgan fingerprint density at radius 2 is 2.10 bits per heavy atom. The molecule has 1 aromatic heterocycles. The number of hydrogen-bond donors (Lipinski definition) is 1. The Bertz CT molecular complexity index is 640. The lowest BCUT2D eigenvalue weighted by Crippen LogP contribution is -2.19. The fourth-order valence-electron chi connectivity index (χ4n) is 2.38. The molecular weight excluding hydrogens is 286 g/mol. The molecule has 2 heterocycles. The molecule has 2 aliphatic rings. The molecule has 0 atom stereocenters. The summed E-state index contributed by atoms with van der Waals surface area (Å²) in [6.45, 7) is 2.16. The van der Waals surface area contributed by atoms with E-state index in [1.54, 1.807) is 11.3 Å². The van der Waals surface area contributed by atoms with Crippen molar-refractivity contribution >= 4 is 11.3 Å². The van der Waals surface area contributed by atoms with Gasteiger partial charge in [-0.2, -0.15) is 0 Å². The molecule has 0 amide bonds. The van der Waals surface area contributed by atoms with Gasteiger partial charge in [-0.25, -0.2) is 0 Å². The van der Waals surface area contributed by atoms with Crippen LogP contribution in [0.3, 0.4) is 0 Å². The van der Waals surface area contributed by atoms with E-state index in [0.29, 0.717) is 13.2 Å². The molecule has 4 rings (SSSR count). The number of benzene rings is 1. The van der Waals surface area contributed by atoms with Gasteiger partial charge < -0.3 is 14.8 Å². The van der Waals surface area contributed by atoms with Crippen molar-refractivity contribution in [2.24, 2.45) is 0 Å². The monoisotopic (exact) mass is 303 g/mol. The van der Waals surface area contributed by atoms with Gasteiger partial charge in [0.15, 0.2) is 16.5 Å². The predicted octanol–water partition coefficient (Wildman–Crippen LogP) is 2.27. The number of rotatable bonds is 5.